The second-order valence-corrected chi connectivity index (χ2v) is 5.76. The van der Waals surface area contributed by atoms with Gasteiger partial charge in [0.05, 0.1) is 0 Å². The van der Waals surface area contributed by atoms with Crippen molar-refractivity contribution in [3.63, 3.8) is 0 Å². The quantitative estimate of drug-likeness (QED) is 0.457. The summed E-state index contributed by atoms with van der Waals surface area (Å²) in [7, 11) is 0. The molecule has 0 saturated heterocycles. The lowest BCUT2D eigenvalue weighted by Crippen LogP contribution is -1.92. The Morgan fingerprint density at radius 2 is 1.44 bits per heavy atom. The highest BCUT2D eigenvalue weighted by molar-refractivity contribution is 7.99. The minimum atomic E-state index is 0.323. The predicted molar refractivity (Wildman–Crippen MR) is 75.2 cm³/mol. The van der Waals surface area contributed by atoms with Gasteiger partial charge in [-0.15, -0.1) is 0 Å². The Morgan fingerprint density at radius 1 is 0.875 bits per heavy atom. The fourth-order valence-corrected chi connectivity index (χ4v) is 2.70. The number of Topliss-reactive ketones (excluding diaryl/α,β-unsaturated/α-hetero) is 1. The van der Waals surface area contributed by atoms with Crippen molar-refractivity contribution in [2.75, 3.05) is 11.5 Å². The first-order valence-corrected chi connectivity index (χ1v) is 8.00. The average Bonchev–Trinajstić information content (AvgIpc) is 2.25. The van der Waals surface area contributed by atoms with E-state index >= 15 is 0 Å². The molecule has 0 spiro atoms. The number of hydrogen-bond donors (Lipinski definition) is 0. The Hall–Kier alpha value is 0.0200. The van der Waals surface area contributed by atoms with Crippen LogP contribution in [0.3, 0.4) is 0 Å². The lowest BCUT2D eigenvalue weighted by Gasteiger charge is -2.01. The van der Waals surface area contributed by atoms with Crippen LogP contribution in [0.25, 0.3) is 0 Å². The Balaban J connectivity index is 2.90. The molecule has 16 heavy (non-hydrogen) atoms. The number of unbranched alkanes of at least 4 members (excludes halogenated alkanes) is 7. The second-order valence-electron chi connectivity index (χ2n) is 4.54. The summed E-state index contributed by atoms with van der Waals surface area (Å²) in [5.41, 5.74) is 0. The summed E-state index contributed by atoms with van der Waals surface area (Å²) in [6.45, 7) is 3.94. The van der Waals surface area contributed by atoms with Crippen LogP contribution in [-0.4, -0.2) is 17.3 Å². The maximum absolute atomic E-state index is 10.7. The fourth-order valence-electron chi connectivity index (χ4n) is 1.66. The summed E-state index contributed by atoms with van der Waals surface area (Å²) in [4.78, 5) is 10.7. The molecule has 0 bridgehead atoms. The molecule has 0 radical (unpaired) electrons. The summed E-state index contributed by atoms with van der Waals surface area (Å²) in [6, 6.07) is 0. The Bertz CT molecular complexity index is 157. The van der Waals surface area contributed by atoms with Crippen molar-refractivity contribution in [2.45, 2.75) is 71.6 Å². The normalized spacial score (nSPS) is 10.6. The van der Waals surface area contributed by atoms with Crippen molar-refractivity contribution in [2.24, 2.45) is 0 Å². The highest BCUT2D eigenvalue weighted by Gasteiger charge is 1.95. The molecule has 0 aromatic heterocycles. The maximum atomic E-state index is 10.7. The van der Waals surface area contributed by atoms with Gasteiger partial charge in [-0.2, -0.15) is 11.8 Å². The van der Waals surface area contributed by atoms with E-state index in [9.17, 15) is 4.79 Å². The van der Waals surface area contributed by atoms with Crippen LogP contribution in [0, 0.1) is 0 Å². The van der Waals surface area contributed by atoms with E-state index in [1.165, 1.54) is 57.1 Å². The summed E-state index contributed by atoms with van der Waals surface area (Å²) in [5.74, 6) is 2.58. The monoisotopic (exact) mass is 244 g/mol. The standard InChI is InChI=1S/C14H28OS/c1-3-4-5-6-7-8-9-10-12-16-13-11-14(2)15/h3-13H2,1-2H3. The average molecular weight is 244 g/mol. The summed E-state index contributed by atoms with van der Waals surface area (Å²) < 4.78 is 0. The van der Waals surface area contributed by atoms with Crippen LogP contribution in [-0.2, 0) is 4.79 Å². The van der Waals surface area contributed by atoms with Crippen LogP contribution in [0.1, 0.15) is 71.6 Å². The third-order valence-corrected chi connectivity index (χ3v) is 3.81. The van der Waals surface area contributed by atoms with E-state index in [2.05, 4.69) is 6.92 Å². The minimum Gasteiger partial charge on any atom is -0.300 e. The molecule has 96 valence electrons. The lowest BCUT2D eigenvalue weighted by molar-refractivity contribution is -0.116. The molecule has 0 atom stereocenters. The van der Waals surface area contributed by atoms with E-state index < -0.39 is 0 Å². The zero-order chi connectivity index (χ0) is 12.1. The third-order valence-electron chi connectivity index (χ3n) is 2.74. The number of carbonyl (C=O) groups excluding carboxylic acids is 1. The third kappa shape index (κ3) is 14.0. The van der Waals surface area contributed by atoms with Crippen molar-refractivity contribution in [3.8, 4) is 0 Å². The molecular formula is C14H28OS. The first kappa shape index (κ1) is 16.0. The highest BCUT2D eigenvalue weighted by atomic mass is 32.2. The van der Waals surface area contributed by atoms with E-state index in [-0.39, 0.29) is 0 Å². The van der Waals surface area contributed by atoms with Crippen LogP contribution >= 0.6 is 11.8 Å². The number of hydrogen-bond acceptors (Lipinski definition) is 2. The van der Waals surface area contributed by atoms with Crippen LogP contribution < -0.4 is 0 Å². The first-order valence-electron chi connectivity index (χ1n) is 6.84. The summed E-state index contributed by atoms with van der Waals surface area (Å²) in [6.07, 6.45) is 11.9. The summed E-state index contributed by atoms with van der Waals surface area (Å²) >= 11 is 1.93. The molecule has 0 aromatic carbocycles. The summed E-state index contributed by atoms with van der Waals surface area (Å²) in [5, 5.41) is 0. The first-order chi connectivity index (χ1) is 7.77. The van der Waals surface area contributed by atoms with Gasteiger partial charge in [0.15, 0.2) is 0 Å². The number of rotatable bonds is 12. The zero-order valence-corrected chi connectivity index (χ0v) is 11.9. The van der Waals surface area contributed by atoms with E-state index in [0.29, 0.717) is 5.78 Å². The van der Waals surface area contributed by atoms with Crippen molar-refractivity contribution < 1.29 is 4.79 Å². The molecule has 1 nitrogen and oxygen atoms in total. The molecule has 0 aliphatic rings. The molecule has 0 amide bonds. The van der Waals surface area contributed by atoms with Gasteiger partial charge >= 0.3 is 0 Å². The van der Waals surface area contributed by atoms with E-state index in [1.54, 1.807) is 6.92 Å². The van der Waals surface area contributed by atoms with E-state index in [1.807, 2.05) is 11.8 Å². The molecule has 0 aliphatic carbocycles. The second kappa shape index (κ2) is 13.1. The largest absolute Gasteiger partial charge is 0.300 e. The number of ketones is 1. The maximum Gasteiger partial charge on any atom is 0.130 e. The van der Waals surface area contributed by atoms with Gasteiger partial charge in [0.1, 0.15) is 5.78 Å². The molecule has 0 aliphatic heterocycles. The predicted octanol–water partition coefficient (Wildman–Crippen LogP) is 4.84. The van der Waals surface area contributed by atoms with Crippen LogP contribution in [0.5, 0.6) is 0 Å². The van der Waals surface area contributed by atoms with Crippen molar-refractivity contribution in [3.05, 3.63) is 0 Å². The highest BCUT2D eigenvalue weighted by Crippen LogP contribution is 2.11. The fraction of sp³-hybridized carbons (Fsp3) is 0.929. The Morgan fingerprint density at radius 3 is 2.00 bits per heavy atom. The van der Waals surface area contributed by atoms with Crippen LogP contribution in [0.15, 0.2) is 0 Å². The molecular weight excluding hydrogens is 216 g/mol. The molecule has 0 aromatic rings. The molecule has 0 rings (SSSR count). The van der Waals surface area contributed by atoms with Gasteiger partial charge in [-0.05, 0) is 19.1 Å². The molecule has 0 fully saturated rings. The minimum absolute atomic E-state index is 0.323. The van der Waals surface area contributed by atoms with Gasteiger partial charge in [0.25, 0.3) is 0 Å². The lowest BCUT2D eigenvalue weighted by atomic mass is 10.1. The van der Waals surface area contributed by atoms with Crippen molar-refractivity contribution in [1.29, 1.82) is 0 Å². The van der Waals surface area contributed by atoms with Crippen LogP contribution in [0.4, 0.5) is 0 Å². The van der Waals surface area contributed by atoms with Gasteiger partial charge in [0.2, 0.25) is 0 Å². The molecule has 0 saturated carbocycles. The van der Waals surface area contributed by atoms with Gasteiger partial charge < -0.3 is 0 Å². The molecule has 0 N–H and O–H groups in total. The zero-order valence-electron chi connectivity index (χ0n) is 11.1. The van der Waals surface area contributed by atoms with Crippen molar-refractivity contribution >= 4 is 17.5 Å². The van der Waals surface area contributed by atoms with Crippen molar-refractivity contribution in [1.82, 2.24) is 0 Å². The van der Waals surface area contributed by atoms with E-state index in [0.717, 1.165) is 12.2 Å². The number of thioether (sulfide) groups is 1. The number of carbonyl (C=O) groups is 1. The van der Waals surface area contributed by atoms with Gasteiger partial charge in [-0.25, -0.2) is 0 Å². The van der Waals surface area contributed by atoms with Gasteiger partial charge in [-0.3, -0.25) is 4.79 Å². The van der Waals surface area contributed by atoms with Crippen LogP contribution in [0.2, 0.25) is 0 Å². The molecule has 2 heteroatoms. The SMILES string of the molecule is CCCCCCCCCCSCCC(C)=O. The Kier molecular flexibility index (Phi) is 13.1. The molecule has 0 heterocycles. The topological polar surface area (TPSA) is 17.1 Å². The van der Waals surface area contributed by atoms with Gasteiger partial charge in [-0.1, -0.05) is 51.9 Å². The molecule has 0 unspecified atom stereocenters. The van der Waals surface area contributed by atoms with E-state index in [4.69, 9.17) is 0 Å². The Labute approximate surface area is 106 Å². The van der Waals surface area contributed by atoms with Gasteiger partial charge in [0, 0.05) is 12.2 Å². The smallest absolute Gasteiger partial charge is 0.130 e.